The maximum Gasteiger partial charge on any atom is 0.231 e. The molecule has 0 aliphatic carbocycles. The van der Waals surface area contributed by atoms with Crippen LogP contribution in [0.1, 0.15) is 85.9 Å². The molecule has 0 atom stereocenters. The second-order valence-corrected chi connectivity index (χ2v) is 23.7. The van der Waals surface area contributed by atoms with E-state index >= 15 is 0 Å². The van der Waals surface area contributed by atoms with Crippen molar-refractivity contribution >= 4 is 43.6 Å². The summed E-state index contributed by atoms with van der Waals surface area (Å²) < 4.78 is 60.1. The van der Waals surface area contributed by atoms with Crippen molar-refractivity contribution in [3.63, 3.8) is 0 Å². The average Bonchev–Trinajstić information content (AvgIpc) is 1.56. The molecule has 0 aliphatic heterocycles. The Balaban J connectivity index is 0.00000724. The number of pyridine rings is 1. The van der Waals surface area contributed by atoms with E-state index in [-0.39, 0.29) is 55.0 Å². The van der Waals surface area contributed by atoms with E-state index in [4.69, 9.17) is 18.9 Å². The average molecular weight is 1240 g/mol. The van der Waals surface area contributed by atoms with Crippen LogP contribution < -0.4 is 9.30 Å². The smallest absolute Gasteiger partial charge is 0.231 e. The monoisotopic (exact) mass is 1240 g/mol. The van der Waals surface area contributed by atoms with Crippen molar-refractivity contribution in [3.05, 3.63) is 247 Å². The molecule has 0 radical (unpaired) electrons. The molecule has 8 heteroatoms. The number of ether oxygens (including phenoxy) is 1. The third-order valence-corrected chi connectivity index (χ3v) is 15.1. The van der Waals surface area contributed by atoms with Crippen LogP contribution in [0.2, 0.25) is 0 Å². The number of rotatable bonds is 9. The van der Waals surface area contributed by atoms with Crippen LogP contribution >= 0.6 is 0 Å². The minimum Gasteiger partial charge on any atom is -0.510 e. The van der Waals surface area contributed by atoms with Gasteiger partial charge in [0, 0.05) is 66.3 Å². The van der Waals surface area contributed by atoms with Crippen molar-refractivity contribution in [1.82, 2.24) is 23.9 Å². The fourth-order valence-electron chi connectivity index (χ4n) is 11.0. The number of nitrogens with zero attached hydrogens (tertiary/aromatic N) is 6. The molecule has 0 fully saturated rings. The maximum atomic E-state index is 9.36. The Hall–Kier alpha value is -8.64. The van der Waals surface area contributed by atoms with Gasteiger partial charge in [-0.25, -0.2) is 4.98 Å². The summed E-state index contributed by atoms with van der Waals surface area (Å²) in [6.07, 6.45) is 5.48. The summed E-state index contributed by atoms with van der Waals surface area (Å²) in [4.78, 5) is 5.02. The van der Waals surface area contributed by atoms with Gasteiger partial charge >= 0.3 is 0 Å². The summed E-state index contributed by atoms with van der Waals surface area (Å²) in [6.45, 7) is 19.8. The molecule has 4 heterocycles. The summed E-state index contributed by atoms with van der Waals surface area (Å²) in [6, 6.07) is 64.9. The number of hydrogen-bond acceptors (Lipinski definition) is 3. The Morgan fingerprint density at radius 1 is 0.506 bits per heavy atom. The Kier molecular flexibility index (Phi) is 11.9. The van der Waals surface area contributed by atoms with E-state index in [2.05, 4.69) is 199 Å². The molecule has 81 heavy (non-hydrogen) atoms. The van der Waals surface area contributed by atoms with Crippen LogP contribution in [0.15, 0.2) is 212 Å². The first kappa shape index (κ1) is 47.2. The molecule has 0 unspecified atom stereocenters. The van der Waals surface area contributed by atoms with Crippen molar-refractivity contribution in [2.75, 3.05) is 0 Å². The van der Waals surface area contributed by atoms with Gasteiger partial charge in [0.2, 0.25) is 12.2 Å². The summed E-state index contributed by atoms with van der Waals surface area (Å²) in [5.74, 6) is 2.08. The van der Waals surface area contributed by atoms with Gasteiger partial charge in [-0.2, -0.15) is 16.8 Å². The van der Waals surface area contributed by atoms with Gasteiger partial charge in [-0.05, 0) is 107 Å². The van der Waals surface area contributed by atoms with E-state index in [1.165, 1.54) is 0 Å². The van der Waals surface area contributed by atoms with E-state index in [1.807, 2.05) is 77.5 Å². The third-order valence-electron chi connectivity index (χ3n) is 15.1. The van der Waals surface area contributed by atoms with Gasteiger partial charge in [0.05, 0.1) is 17.9 Å². The van der Waals surface area contributed by atoms with Crippen molar-refractivity contribution in [2.45, 2.75) is 78.6 Å². The molecule has 0 saturated heterocycles. The molecular weight excluding hydrogens is 1170 g/mol. The molecule has 0 bridgehead atoms. The predicted molar refractivity (Wildman–Crippen MR) is 327 cm³/mol. The van der Waals surface area contributed by atoms with Crippen LogP contribution in [-0.4, -0.2) is 23.9 Å². The molecule has 402 valence electrons. The standard InChI is InChI=1S/C73H62N6O.Pt/c1-71(2,3)51-38-39-74-67(43-51)79-64-37-21-18-32-61(64)68-65(78-62-35-19-16-30-59(62)60-31-17-20-36-63(60)78)45-56(46-66(68)79)80-55-29-22-28-54(44-55)77-47-76(70(75-77)49-26-14-11-15-27-49)69-57(48-24-12-10-13-25-48)33-23-34-58(69)50-40-52(72(4,5)6)42-53(41-50)73(7,8)9;/h10-43,45H,1-9H3;/q-2;/i10D,12D,13D,24D,25D;. The van der Waals surface area contributed by atoms with Gasteiger partial charge in [-0.15, -0.1) is 24.3 Å². The molecule has 13 rings (SSSR count). The third kappa shape index (κ3) is 9.68. The van der Waals surface area contributed by atoms with Crippen molar-refractivity contribution in [3.8, 4) is 68.0 Å². The summed E-state index contributed by atoms with van der Waals surface area (Å²) in [5.41, 5.74) is 11.5. The molecule has 0 aliphatic rings. The second kappa shape index (κ2) is 20.5. The number of fused-ring (bicyclic) bond motifs is 6. The van der Waals surface area contributed by atoms with Crippen LogP contribution in [0.3, 0.4) is 0 Å². The molecule has 13 aromatic rings. The topological polar surface area (TPSA) is 53.7 Å². The SMILES string of the molecule is [2H]c1c([2H])c([2H])c(-c2cccc(-c3cc(C(C)(C)C)cc(C(C)(C)C)c3)c2-[n+]2[c-]n(-c3[c-]c(Oc4[c-]c5c(c(-n6c7ccccc7c7ccccc76)c4)c4ccccc4n5-c4cc(C(C)(C)C)ccn4)ccc3)nc2-c2ccccc2)c([2H])c1[2H].[Pt]. The predicted octanol–water partition coefficient (Wildman–Crippen LogP) is 17.8. The molecule has 0 spiro atoms. The van der Waals surface area contributed by atoms with Gasteiger partial charge in [0.25, 0.3) is 0 Å². The fraction of sp³-hybridized carbons (Fsp3) is 0.164. The van der Waals surface area contributed by atoms with E-state index in [1.54, 1.807) is 4.68 Å². The molecule has 0 saturated carbocycles. The van der Waals surface area contributed by atoms with Gasteiger partial charge in [-0.1, -0.05) is 225 Å². The first-order valence-corrected chi connectivity index (χ1v) is 27.2. The Labute approximate surface area is 496 Å². The molecule has 9 aromatic carbocycles. The van der Waals surface area contributed by atoms with E-state index in [0.29, 0.717) is 34.3 Å². The minimum absolute atomic E-state index is 0. The summed E-state index contributed by atoms with van der Waals surface area (Å²) in [7, 11) is 0. The molecule has 4 aromatic heterocycles. The number of hydrogen-bond donors (Lipinski definition) is 0. The van der Waals surface area contributed by atoms with E-state index in [9.17, 15) is 2.74 Å². The molecular formula is C73H62N6OPt-2. The first-order valence-electron chi connectivity index (χ1n) is 29.7. The van der Waals surface area contributed by atoms with Crippen LogP contribution in [0.4, 0.5) is 0 Å². The van der Waals surface area contributed by atoms with Crippen LogP contribution in [-0.2, 0) is 37.3 Å². The number of benzene rings is 9. The summed E-state index contributed by atoms with van der Waals surface area (Å²) >= 11 is 0. The number of aromatic nitrogens is 6. The second-order valence-electron chi connectivity index (χ2n) is 23.7. The molecule has 0 amide bonds. The Morgan fingerprint density at radius 3 is 1.73 bits per heavy atom. The largest absolute Gasteiger partial charge is 0.510 e. The van der Waals surface area contributed by atoms with E-state index in [0.717, 1.165) is 88.5 Å². The quantitative estimate of drug-likeness (QED) is 0.107. The van der Waals surface area contributed by atoms with Crippen molar-refractivity contribution < 1.29 is 37.2 Å². The van der Waals surface area contributed by atoms with Crippen molar-refractivity contribution in [1.29, 1.82) is 0 Å². The van der Waals surface area contributed by atoms with Crippen molar-refractivity contribution in [2.24, 2.45) is 0 Å². The fourth-order valence-corrected chi connectivity index (χ4v) is 11.0. The normalized spacial score (nSPS) is 13.0. The zero-order chi connectivity index (χ0) is 59.4. The van der Waals surface area contributed by atoms with Gasteiger partial charge in [0.1, 0.15) is 5.82 Å². The van der Waals surface area contributed by atoms with Gasteiger partial charge in [0.15, 0.2) is 0 Å². The number of para-hydroxylation sites is 4. The minimum atomic E-state index is -0.468. The van der Waals surface area contributed by atoms with E-state index < -0.39 is 18.1 Å². The zero-order valence-corrected chi connectivity index (χ0v) is 49.0. The Bertz CT molecular complexity index is 4720. The first-order chi connectivity index (χ1) is 40.6. The zero-order valence-electron chi connectivity index (χ0n) is 51.7. The molecule has 0 N–H and O–H groups in total. The maximum absolute atomic E-state index is 9.36. The van der Waals surface area contributed by atoms with Crippen LogP contribution in [0.5, 0.6) is 11.5 Å². The Morgan fingerprint density at radius 2 is 1.09 bits per heavy atom. The van der Waals surface area contributed by atoms with Crippen LogP contribution in [0.25, 0.3) is 100 Å². The summed E-state index contributed by atoms with van der Waals surface area (Å²) in [5, 5.41) is 9.60. The molecule has 7 nitrogen and oxygen atoms in total. The van der Waals surface area contributed by atoms with Gasteiger partial charge < -0.3 is 18.4 Å². The van der Waals surface area contributed by atoms with Crippen LogP contribution in [0, 0.1) is 18.5 Å². The van der Waals surface area contributed by atoms with Gasteiger partial charge in [-0.3, -0.25) is 0 Å².